The molecule has 7 heteroatoms. The standard InChI is InChI=1S/C18H16FN3O3/c1-10-16-14(17(23)20-13-6-7-24-9-13)8-15(21-18(16)25-22-10)11-2-4-12(19)5-3-11/h2-5,8,13H,6-7,9H2,1H3,(H,20,23). The number of ether oxygens (including phenoxy) is 1. The number of halogens is 1. The zero-order valence-corrected chi connectivity index (χ0v) is 13.6. The smallest absolute Gasteiger partial charge is 0.259 e. The van der Waals surface area contributed by atoms with E-state index < -0.39 is 0 Å². The summed E-state index contributed by atoms with van der Waals surface area (Å²) in [7, 11) is 0. The van der Waals surface area contributed by atoms with Crippen LogP contribution in [0.3, 0.4) is 0 Å². The lowest BCUT2D eigenvalue weighted by Crippen LogP contribution is -2.35. The number of hydrogen-bond donors (Lipinski definition) is 1. The first-order valence-electron chi connectivity index (χ1n) is 8.03. The molecular weight excluding hydrogens is 325 g/mol. The number of carbonyl (C=O) groups is 1. The Morgan fingerprint density at radius 2 is 2.12 bits per heavy atom. The molecule has 3 heterocycles. The molecule has 1 atom stereocenters. The van der Waals surface area contributed by atoms with Crippen LogP contribution < -0.4 is 5.32 Å². The van der Waals surface area contributed by atoms with Gasteiger partial charge in [-0.3, -0.25) is 4.79 Å². The number of aryl methyl sites for hydroxylation is 1. The van der Waals surface area contributed by atoms with Crippen LogP contribution in [0.15, 0.2) is 34.9 Å². The van der Waals surface area contributed by atoms with Crippen LogP contribution in [0, 0.1) is 12.7 Å². The molecule has 25 heavy (non-hydrogen) atoms. The molecule has 1 aromatic carbocycles. The third kappa shape index (κ3) is 2.98. The molecule has 1 aliphatic heterocycles. The highest BCUT2D eigenvalue weighted by molar-refractivity contribution is 6.07. The lowest BCUT2D eigenvalue weighted by molar-refractivity contribution is 0.0931. The molecule has 1 aliphatic rings. The van der Waals surface area contributed by atoms with Crippen LogP contribution in [0.25, 0.3) is 22.4 Å². The Morgan fingerprint density at radius 3 is 2.84 bits per heavy atom. The van der Waals surface area contributed by atoms with Crippen LogP contribution >= 0.6 is 0 Å². The summed E-state index contributed by atoms with van der Waals surface area (Å²) in [4.78, 5) is 17.2. The van der Waals surface area contributed by atoms with Crippen molar-refractivity contribution < 1.29 is 18.4 Å². The van der Waals surface area contributed by atoms with Crippen molar-refractivity contribution in [1.29, 1.82) is 0 Å². The largest absolute Gasteiger partial charge is 0.379 e. The van der Waals surface area contributed by atoms with Crippen molar-refractivity contribution in [2.24, 2.45) is 0 Å². The Labute approximate surface area is 143 Å². The molecular formula is C18H16FN3O3. The van der Waals surface area contributed by atoms with Gasteiger partial charge in [0.05, 0.1) is 35.0 Å². The van der Waals surface area contributed by atoms with Gasteiger partial charge in [0.2, 0.25) is 0 Å². The zero-order chi connectivity index (χ0) is 17.4. The summed E-state index contributed by atoms with van der Waals surface area (Å²) in [5.41, 5.74) is 2.54. The molecule has 1 saturated heterocycles. The summed E-state index contributed by atoms with van der Waals surface area (Å²) in [6, 6.07) is 7.60. The highest BCUT2D eigenvalue weighted by Gasteiger charge is 2.23. The summed E-state index contributed by atoms with van der Waals surface area (Å²) < 4.78 is 23.7. The Hall–Kier alpha value is -2.80. The minimum Gasteiger partial charge on any atom is -0.379 e. The zero-order valence-electron chi connectivity index (χ0n) is 13.6. The maximum absolute atomic E-state index is 13.2. The van der Waals surface area contributed by atoms with Crippen LogP contribution in [-0.2, 0) is 4.74 Å². The number of nitrogens with zero attached hydrogens (tertiary/aromatic N) is 2. The normalized spacial score (nSPS) is 17.1. The highest BCUT2D eigenvalue weighted by Crippen LogP contribution is 2.27. The van der Waals surface area contributed by atoms with Crippen LogP contribution in [0.5, 0.6) is 0 Å². The van der Waals surface area contributed by atoms with Crippen molar-refractivity contribution in [2.45, 2.75) is 19.4 Å². The number of aromatic nitrogens is 2. The number of amides is 1. The maximum Gasteiger partial charge on any atom is 0.259 e. The van der Waals surface area contributed by atoms with E-state index in [0.29, 0.717) is 41.1 Å². The Balaban J connectivity index is 1.78. The molecule has 1 amide bonds. The van der Waals surface area contributed by atoms with Gasteiger partial charge < -0.3 is 14.6 Å². The van der Waals surface area contributed by atoms with Crippen molar-refractivity contribution in [2.75, 3.05) is 13.2 Å². The van der Waals surface area contributed by atoms with Gasteiger partial charge in [0, 0.05) is 12.2 Å². The first kappa shape index (κ1) is 15.7. The minimum atomic E-state index is -0.334. The average molecular weight is 341 g/mol. The molecule has 1 unspecified atom stereocenters. The van der Waals surface area contributed by atoms with E-state index in [9.17, 15) is 9.18 Å². The van der Waals surface area contributed by atoms with Gasteiger partial charge in [-0.15, -0.1) is 0 Å². The molecule has 3 aromatic rings. The molecule has 0 saturated carbocycles. The monoisotopic (exact) mass is 341 g/mol. The molecule has 0 aliphatic carbocycles. The van der Waals surface area contributed by atoms with Crippen molar-refractivity contribution in [3.8, 4) is 11.3 Å². The molecule has 4 rings (SSSR count). The van der Waals surface area contributed by atoms with Gasteiger partial charge in [-0.25, -0.2) is 9.37 Å². The van der Waals surface area contributed by atoms with Gasteiger partial charge in [0.15, 0.2) is 0 Å². The predicted molar refractivity (Wildman–Crippen MR) is 88.6 cm³/mol. The lowest BCUT2D eigenvalue weighted by atomic mass is 10.0. The van der Waals surface area contributed by atoms with Crippen LogP contribution in [0.4, 0.5) is 4.39 Å². The quantitative estimate of drug-likeness (QED) is 0.793. The summed E-state index contributed by atoms with van der Waals surface area (Å²) in [5.74, 6) is -0.558. The number of rotatable bonds is 3. The van der Waals surface area contributed by atoms with Crippen molar-refractivity contribution >= 4 is 17.0 Å². The first-order valence-corrected chi connectivity index (χ1v) is 8.03. The maximum atomic E-state index is 13.2. The van der Waals surface area contributed by atoms with Gasteiger partial charge in [0.1, 0.15) is 5.82 Å². The summed E-state index contributed by atoms with van der Waals surface area (Å²) in [5, 5.41) is 7.47. The Kier molecular flexibility index (Phi) is 3.93. The van der Waals surface area contributed by atoms with Crippen molar-refractivity contribution in [3.05, 3.63) is 47.4 Å². The number of nitrogens with one attached hydrogen (secondary N) is 1. The van der Waals surface area contributed by atoms with Gasteiger partial charge in [-0.05, 0) is 43.7 Å². The minimum absolute atomic E-state index is 0.00912. The molecule has 1 fully saturated rings. The van der Waals surface area contributed by atoms with Crippen LogP contribution in [0.2, 0.25) is 0 Å². The number of benzene rings is 1. The summed E-state index contributed by atoms with van der Waals surface area (Å²) in [6.45, 7) is 2.91. The fourth-order valence-corrected chi connectivity index (χ4v) is 2.95. The molecule has 6 nitrogen and oxygen atoms in total. The molecule has 1 N–H and O–H groups in total. The Bertz CT molecular complexity index is 931. The van der Waals surface area contributed by atoms with Gasteiger partial charge in [-0.2, -0.15) is 0 Å². The van der Waals surface area contributed by atoms with E-state index in [4.69, 9.17) is 9.26 Å². The molecule has 0 radical (unpaired) electrons. The van der Waals surface area contributed by atoms with E-state index >= 15 is 0 Å². The molecule has 0 bridgehead atoms. The van der Waals surface area contributed by atoms with Crippen LogP contribution in [-0.4, -0.2) is 35.3 Å². The number of fused-ring (bicyclic) bond motifs is 1. The van der Waals surface area contributed by atoms with E-state index in [0.717, 1.165) is 6.42 Å². The Morgan fingerprint density at radius 1 is 1.32 bits per heavy atom. The second-order valence-corrected chi connectivity index (χ2v) is 6.04. The fraction of sp³-hybridized carbons (Fsp3) is 0.278. The number of hydrogen-bond acceptors (Lipinski definition) is 5. The highest BCUT2D eigenvalue weighted by atomic mass is 19.1. The van der Waals surface area contributed by atoms with E-state index in [1.807, 2.05) is 0 Å². The molecule has 128 valence electrons. The topological polar surface area (TPSA) is 77.2 Å². The van der Waals surface area contributed by atoms with E-state index in [2.05, 4.69) is 15.5 Å². The van der Waals surface area contributed by atoms with E-state index in [1.54, 1.807) is 25.1 Å². The first-order chi connectivity index (χ1) is 12.1. The second-order valence-electron chi connectivity index (χ2n) is 6.04. The summed E-state index contributed by atoms with van der Waals surface area (Å²) >= 11 is 0. The van der Waals surface area contributed by atoms with E-state index in [-0.39, 0.29) is 23.5 Å². The third-order valence-corrected chi connectivity index (χ3v) is 4.27. The molecule has 2 aromatic heterocycles. The van der Waals surface area contributed by atoms with E-state index in [1.165, 1.54) is 12.1 Å². The van der Waals surface area contributed by atoms with Gasteiger partial charge in [-0.1, -0.05) is 5.16 Å². The number of carbonyl (C=O) groups excluding carboxylic acids is 1. The van der Waals surface area contributed by atoms with Gasteiger partial charge in [0.25, 0.3) is 11.6 Å². The predicted octanol–water partition coefficient (Wildman–Crippen LogP) is 2.86. The summed E-state index contributed by atoms with van der Waals surface area (Å²) in [6.07, 6.45) is 0.785. The fourth-order valence-electron chi connectivity index (χ4n) is 2.95. The molecule has 0 spiro atoms. The van der Waals surface area contributed by atoms with Gasteiger partial charge >= 0.3 is 0 Å². The van der Waals surface area contributed by atoms with Crippen molar-refractivity contribution in [1.82, 2.24) is 15.5 Å². The third-order valence-electron chi connectivity index (χ3n) is 4.27. The lowest BCUT2D eigenvalue weighted by Gasteiger charge is -2.12. The average Bonchev–Trinajstić information content (AvgIpc) is 3.25. The SMILES string of the molecule is Cc1noc2nc(-c3ccc(F)cc3)cc(C(=O)NC3CCOC3)c12. The van der Waals surface area contributed by atoms with Crippen LogP contribution in [0.1, 0.15) is 22.5 Å². The second kappa shape index (κ2) is 6.25. The number of pyridine rings is 1. The van der Waals surface area contributed by atoms with Crippen molar-refractivity contribution in [3.63, 3.8) is 0 Å².